The van der Waals surface area contributed by atoms with Crippen LogP contribution >= 0.6 is 0 Å². The molecule has 0 bridgehead atoms. The molecule has 86 valence electrons. The lowest BCUT2D eigenvalue weighted by Crippen LogP contribution is -2.10. The van der Waals surface area contributed by atoms with Crippen LogP contribution in [-0.4, -0.2) is 24.8 Å². The Morgan fingerprint density at radius 3 is 2.80 bits per heavy atom. The van der Waals surface area contributed by atoms with E-state index in [1.54, 1.807) is 0 Å². The topological polar surface area (TPSA) is 38.1 Å². The average molecular weight is 222 g/mol. The molecule has 0 aromatic carbocycles. The summed E-state index contributed by atoms with van der Waals surface area (Å²) in [6.45, 7) is 0.789. The fraction of sp³-hybridized carbons (Fsp3) is 0.667. The summed E-state index contributed by atoms with van der Waals surface area (Å²) in [4.78, 5) is 3.78. The van der Waals surface area contributed by atoms with Crippen molar-refractivity contribution in [3.8, 4) is 0 Å². The minimum absolute atomic E-state index is 0.123. The zero-order chi connectivity index (χ0) is 11.3. The van der Waals surface area contributed by atoms with E-state index in [1.165, 1.54) is 0 Å². The van der Waals surface area contributed by atoms with Crippen molar-refractivity contribution in [1.82, 2.24) is 10.3 Å². The van der Waals surface area contributed by atoms with E-state index in [1.807, 2.05) is 7.05 Å². The van der Waals surface area contributed by atoms with Gasteiger partial charge in [0.1, 0.15) is 12.2 Å². The Hall–Kier alpha value is -1.04. The number of alkyl halides is 3. The van der Waals surface area contributed by atoms with Crippen LogP contribution in [0.5, 0.6) is 0 Å². The molecule has 0 aliphatic carbocycles. The molecule has 1 heterocycles. The first-order valence-corrected chi connectivity index (χ1v) is 4.66. The summed E-state index contributed by atoms with van der Waals surface area (Å²) < 4.78 is 40.8. The third kappa shape index (κ3) is 4.83. The third-order valence-corrected chi connectivity index (χ3v) is 1.79. The number of nitrogens with zero attached hydrogens (tertiary/aromatic N) is 1. The lowest BCUT2D eigenvalue weighted by atomic mass is 10.3. The van der Waals surface area contributed by atoms with Gasteiger partial charge in [0.2, 0.25) is 0 Å². The number of aromatic nitrogens is 1. The van der Waals surface area contributed by atoms with E-state index in [-0.39, 0.29) is 5.76 Å². The smallest absolute Gasteiger partial charge is 0.396 e. The highest BCUT2D eigenvalue weighted by Gasteiger charge is 2.29. The molecule has 0 spiro atoms. The van der Waals surface area contributed by atoms with Crippen LogP contribution in [0.1, 0.15) is 18.1 Å². The maximum atomic E-state index is 12.0. The molecule has 0 saturated heterocycles. The fourth-order valence-corrected chi connectivity index (χ4v) is 1.16. The van der Waals surface area contributed by atoms with Gasteiger partial charge in [-0.1, -0.05) is 0 Å². The largest absolute Gasteiger partial charge is 0.445 e. The highest BCUT2D eigenvalue weighted by Crippen LogP contribution is 2.21. The molecule has 1 aromatic heterocycles. The zero-order valence-electron chi connectivity index (χ0n) is 8.40. The number of halogens is 3. The first-order chi connectivity index (χ1) is 7.01. The van der Waals surface area contributed by atoms with Crippen LogP contribution in [0.2, 0.25) is 0 Å². The lowest BCUT2D eigenvalue weighted by Gasteiger charge is -2.01. The highest BCUT2D eigenvalue weighted by atomic mass is 19.4. The van der Waals surface area contributed by atoms with Gasteiger partial charge in [0.05, 0.1) is 6.20 Å². The average Bonchev–Trinajstić information content (AvgIpc) is 2.50. The van der Waals surface area contributed by atoms with Crippen LogP contribution in [0.4, 0.5) is 13.2 Å². The van der Waals surface area contributed by atoms with E-state index in [4.69, 9.17) is 4.42 Å². The highest BCUT2D eigenvalue weighted by molar-refractivity contribution is 4.96. The van der Waals surface area contributed by atoms with Crippen molar-refractivity contribution in [2.75, 3.05) is 13.6 Å². The molecule has 0 aliphatic heterocycles. The second-order valence-electron chi connectivity index (χ2n) is 3.22. The molecule has 15 heavy (non-hydrogen) atoms. The van der Waals surface area contributed by atoms with Gasteiger partial charge in [-0.25, -0.2) is 4.98 Å². The third-order valence-electron chi connectivity index (χ3n) is 1.79. The first kappa shape index (κ1) is 12.0. The van der Waals surface area contributed by atoms with Gasteiger partial charge in [0, 0.05) is 6.42 Å². The van der Waals surface area contributed by atoms with Gasteiger partial charge >= 0.3 is 6.18 Å². The Kier molecular flexibility index (Phi) is 4.14. The summed E-state index contributed by atoms with van der Waals surface area (Å²) in [5, 5.41) is 2.93. The number of hydrogen-bond donors (Lipinski definition) is 1. The quantitative estimate of drug-likeness (QED) is 0.773. The van der Waals surface area contributed by atoms with Gasteiger partial charge in [0.25, 0.3) is 0 Å². The van der Waals surface area contributed by atoms with Crippen molar-refractivity contribution < 1.29 is 17.6 Å². The molecule has 0 amide bonds. The Balaban J connectivity index is 2.42. The van der Waals surface area contributed by atoms with E-state index in [0.717, 1.165) is 19.2 Å². The van der Waals surface area contributed by atoms with E-state index in [9.17, 15) is 13.2 Å². The minimum atomic E-state index is -4.23. The molecule has 0 aliphatic rings. The van der Waals surface area contributed by atoms with Crippen molar-refractivity contribution in [2.45, 2.75) is 25.4 Å². The van der Waals surface area contributed by atoms with Gasteiger partial charge in [-0.3, -0.25) is 0 Å². The SMILES string of the molecule is CNCCCc1ncc(CC(F)(F)F)o1. The molecule has 0 fully saturated rings. The monoisotopic (exact) mass is 222 g/mol. The van der Waals surface area contributed by atoms with E-state index < -0.39 is 12.6 Å². The molecule has 0 radical (unpaired) electrons. The molecule has 6 heteroatoms. The van der Waals surface area contributed by atoms with Crippen LogP contribution in [0.15, 0.2) is 10.6 Å². The van der Waals surface area contributed by atoms with Gasteiger partial charge in [-0.15, -0.1) is 0 Å². The second kappa shape index (κ2) is 5.16. The van der Waals surface area contributed by atoms with Crippen LogP contribution in [0.25, 0.3) is 0 Å². The Morgan fingerprint density at radius 2 is 2.20 bits per heavy atom. The van der Waals surface area contributed by atoms with E-state index >= 15 is 0 Å². The molecule has 3 nitrogen and oxygen atoms in total. The predicted molar refractivity (Wildman–Crippen MR) is 48.5 cm³/mol. The molecule has 1 rings (SSSR count). The Bertz CT molecular complexity index is 296. The molecule has 0 unspecified atom stereocenters. The summed E-state index contributed by atoms with van der Waals surface area (Å²) in [6.07, 6.45) is -2.79. The Labute approximate surface area is 85.7 Å². The zero-order valence-corrected chi connectivity index (χ0v) is 8.40. The maximum absolute atomic E-state index is 12.0. The van der Waals surface area contributed by atoms with Gasteiger partial charge in [0.15, 0.2) is 5.89 Å². The predicted octanol–water partition coefficient (Wildman–Crippen LogP) is 1.93. The summed E-state index contributed by atoms with van der Waals surface area (Å²) >= 11 is 0. The van der Waals surface area contributed by atoms with E-state index in [2.05, 4.69) is 10.3 Å². The van der Waals surface area contributed by atoms with Crippen molar-refractivity contribution in [3.05, 3.63) is 17.8 Å². The summed E-state index contributed by atoms with van der Waals surface area (Å²) in [7, 11) is 1.81. The molecule has 0 atom stereocenters. The molecule has 1 N–H and O–H groups in total. The molecule has 1 aromatic rings. The number of oxazole rings is 1. The molecular weight excluding hydrogens is 209 g/mol. The first-order valence-electron chi connectivity index (χ1n) is 4.66. The number of aryl methyl sites for hydroxylation is 1. The van der Waals surface area contributed by atoms with Crippen molar-refractivity contribution >= 4 is 0 Å². The summed E-state index contributed by atoms with van der Waals surface area (Å²) in [5.41, 5.74) is 0. The fourth-order valence-electron chi connectivity index (χ4n) is 1.16. The van der Waals surface area contributed by atoms with E-state index in [0.29, 0.717) is 12.3 Å². The Morgan fingerprint density at radius 1 is 1.47 bits per heavy atom. The standard InChI is InChI=1S/C9H13F3N2O/c1-13-4-2-3-8-14-6-7(15-8)5-9(10,11)12/h6,13H,2-5H2,1H3. The van der Waals surface area contributed by atoms with Crippen LogP contribution in [-0.2, 0) is 12.8 Å². The molecule has 0 saturated carbocycles. The van der Waals surface area contributed by atoms with Gasteiger partial charge < -0.3 is 9.73 Å². The van der Waals surface area contributed by atoms with Crippen LogP contribution in [0, 0.1) is 0 Å². The number of nitrogens with one attached hydrogen (secondary N) is 1. The van der Waals surface area contributed by atoms with Crippen LogP contribution in [0.3, 0.4) is 0 Å². The second-order valence-corrected chi connectivity index (χ2v) is 3.22. The van der Waals surface area contributed by atoms with Crippen molar-refractivity contribution in [3.63, 3.8) is 0 Å². The minimum Gasteiger partial charge on any atom is -0.445 e. The van der Waals surface area contributed by atoms with Gasteiger partial charge in [-0.2, -0.15) is 13.2 Å². The number of rotatable bonds is 5. The number of hydrogen-bond acceptors (Lipinski definition) is 3. The normalized spacial score (nSPS) is 12.0. The van der Waals surface area contributed by atoms with Gasteiger partial charge in [-0.05, 0) is 20.0 Å². The maximum Gasteiger partial charge on any atom is 0.396 e. The summed E-state index contributed by atoms with van der Waals surface area (Å²) in [5.74, 6) is 0.242. The van der Waals surface area contributed by atoms with Crippen molar-refractivity contribution in [1.29, 1.82) is 0 Å². The summed E-state index contributed by atoms with van der Waals surface area (Å²) in [6, 6.07) is 0. The lowest BCUT2D eigenvalue weighted by molar-refractivity contribution is -0.130. The van der Waals surface area contributed by atoms with Crippen molar-refractivity contribution in [2.24, 2.45) is 0 Å². The molecular formula is C9H13F3N2O. The van der Waals surface area contributed by atoms with Crippen LogP contribution < -0.4 is 5.32 Å².